The van der Waals surface area contributed by atoms with Gasteiger partial charge in [-0.1, -0.05) is 39.3 Å². The zero-order valence-electron chi connectivity index (χ0n) is 10.4. The van der Waals surface area contributed by atoms with Crippen LogP contribution in [0.1, 0.15) is 22.9 Å². The van der Waals surface area contributed by atoms with Crippen molar-refractivity contribution in [1.82, 2.24) is 20.4 Å². The molecule has 0 bridgehead atoms. The van der Waals surface area contributed by atoms with Crippen molar-refractivity contribution in [1.29, 1.82) is 0 Å². The predicted octanol–water partition coefficient (Wildman–Crippen LogP) is 1.63. The van der Waals surface area contributed by atoms with Gasteiger partial charge in [0.05, 0.1) is 11.7 Å². The Balaban J connectivity index is 2.25. The van der Waals surface area contributed by atoms with Crippen molar-refractivity contribution < 1.29 is 0 Å². The second-order valence-electron chi connectivity index (χ2n) is 4.29. The molecule has 0 spiro atoms. The fourth-order valence-electron chi connectivity index (χ4n) is 1.90. The maximum atomic E-state index is 5.65. The van der Waals surface area contributed by atoms with Crippen LogP contribution in [-0.2, 0) is 13.5 Å². The van der Waals surface area contributed by atoms with E-state index >= 15 is 0 Å². The Kier molecular flexibility index (Phi) is 4.11. The van der Waals surface area contributed by atoms with Crippen LogP contribution in [0.15, 0.2) is 28.9 Å². The second-order valence-corrected chi connectivity index (χ2v) is 5.08. The molecule has 1 atom stereocenters. The number of benzene rings is 1. The van der Waals surface area contributed by atoms with E-state index in [4.69, 9.17) is 5.84 Å². The molecule has 0 radical (unpaired) electrons. The Bertz CT molecular complexity index is 537. The summed E-state index contributed by atoms with van der Waals surface area (Å²) in [5, 5.41) is 8.01. The van der Waals surface area contributed by atoms with Crippen LogP contribution in [-0.4, -0.2) is 15.0 Å². The number of nitrogens with zero attached hydrogens (tertiary/aromatic N) is 3. The molecule has 6 heteroatoms. The third kappa shape index (κ3) is 2.77. The Hall–Kier alpha value is -1.24. The quantitative estimate of drug-likeness (QED) is 0.665. The number of nitrogens with one attached hydrogen (secondary N) is 1. The lowest BCUT2D eigenvalue weighted by Gasteiger charge is -2.17. The minimum atomic E-state index is 0.0102. The molecular weight excluding hydrogens is 294 g/mol. The van der Waals surface area contributed by atoms with Crippen LogP contribution in [0.25, 0.3) is 0 Å². The summed E-state index contributed by atoms with van der Waals surface area (Å²) in [6, 6.07) is 6.15. The van der Waals surface area contributed by atoms with Crippen LogP contribution >= 0.6 is 15.9 Å². The van der Waals surface area contributed by atoms with Gasteiger partial charge in [-0.2, -0.15) is 0 Å². The molecule has 1 aromatic heterocycles. The van der Waals surface area contributed by atoms with E-state index in [0.717, 1.165) is 15.7 Å². The maximum absolute atomic E-state index is 5.65. The highest BCUT2D eigenvalue weighted by Gasteiger charge is 2.16. The van der Waals surface area contributed by atoms with Gasteiger partial charge in [0, 0.05) is 24.1 Å². The molecule has 1 unspecified atom stereocenters. The van der Waals surface area contributed by atoms with Crippen molar-refractivity contribution in [3.8, 4) is 0 Å². The lowest BCUT2D eigenvalue weighted by Crippen LogP contribution is -2.30. The van der Waals surface area contributed by atoms with Crippen molar-refractivity contribution in [3.05, 3.63) is 45.7 Å². The van der Waals surface area contributed by atoms with Gasteiger partial charge in [-0.15, -0.1) is 5.10 Å². The summed E-state index contributed by atoms with van der Waals surface area (Å²) in [7, 11) is 1.85. The number of hydrogen-bond acceptors (Lipinski definition) is 4. The summed E-state index contributed by atoms with van der Waals surface area (Å²) in [6.45, 7) is 2.06. The molecule has 0 aliphatic heterocycles. The van der Waals surface area contributed by atoms with E-state index in [-0.39, 0.29) is 6.04 Å². The van der Waals surface area contributed by atoms with Crippen molar-refractivity contribution in [3.63, 3.8) is 0 Å². The molecule has 2 rings (SSSR count). The molecule has 0 saturated carbocycles. The normalized spacial score (nSPS) is 12.7. The van der Waals surface area contributed by atoms with Gasteiger partial charge in [0.1, 0.15) is 0 Å². The van der Waals surface area contributed by atoms with Crippen molar-refractivity contribution >= 4 is 15.9 Å². The van der Waals surface area contributed by atoms with Crippen LogP contribution in [0.5, 0.6) is 0 Å². The number of halogens is 1. The molecule has 0 amide bonds. The highest BCUT2D eigenvalue weighted by Crippen LogP contribution is 2.27. The van der Waals surface area contributed by atoms with Crippen LogP contribution in [0.3, 0.4) is 0 Å². The summed E-state index contributed by atoms with van der Waals surface area (Å²) in [5.74, 6) is 5.65. The maximum Gasteiger partial charge on any atom is 0.0846 e. The first-order chi connectivity index (χ1) is 8.61. The van der Waals surface area contributed by atoms with Crippen LogP contribution in [0.2, 0.25) is 0 Å². The van der Waals surface area contributed by atoms with Crippen LogP contribution in [0, 0.1) is 6.92 Å². The van der Waals surface area contributed by atoms with E-state index in [9.17, 15) is 0 Å². The first kappa shape index (κ1) is 13.2. The highest BCUT2D eigenvalue weighted by molar-refractivity contribution is 9.10. The fourth-order valence-corrected chi connectivity index (χ4v) is 2.44. The van der Waals surface area contributed by atoms with Crippen molar-refractivity contribution in [2.24, 2.45) is 12.9 Å². The van der Waals surface area contributed by atoms with Gasteiger partial charge >= 0.3 is 0 Å². The van der Waals surface area contributed by atoms with Crippen molar-refractivity contribution in [2.75, 3.05) is 0 Å². The largest absolute Gasteiger partial charge is 0.271 e. The molecule has 0 fully saturated rings. The van der Waals surface area contributed by atoms with Gasteiger partial charge < -0.3 is 0 Å². The monoisotopic (exact) mass is 309 g/mol. The van der Waals surface area contributed by atoms with Gasteiger partial charge in [-0.05, 0) is 18.1 Å². The SMILES string of the molecule is Cc1cccc(C(Cc2cn(C)nn2)NN)c1Br. The molecule has 1 heterocycles. The fraction of sp³-hybridized carbons (Fsp3) is 0.333. The molecule has 96 valence electrons. The number of hydrazine groups is 1. The van der Waals surface area contributed by atoms with E-state index in [1.165, 1.54) is 5.56 Å². The lowest BCUT2D eigenvalue weighted by atomic mass is 10.0. The van der Waals surface area contributed by atoms with E-state index in [2.05, 4.69) is 50.7 Å². The Morgan fingerprint density at radius 3 is 2.89 bits per heavy atom. The minimum Gasteiger partial charge on any atom is -0.271 e. The van der Waals surface area contributed by atoms with E-state index in [1.807, 2.05) is 19.3 Å². The predicted molar refractivity (Wildman–Crippen MR) is 73.7 cm³/mol. The Morgan fingerprint density at radius 2 is 2.28 bits per heavy atom. The Labute approximate surface area is 114 Å². The molecule has 2 aromatic rings. The summed E-state index contributed by atoms with van der Waals surface area (Å²) >= 11 is 3.60. The second kappa shape index (κ2) is 5.60. The van der Waals surface area contributed by atoms with E-state index in [1.54, 1.807) is 4.68 Å². The van der Waals surface area contributed by atoms with Gasteiger partial charge in [0.2, 0.25) is 0 Å². The Morgan fingerprint density at radius 1 is 1.50 bits per heavy atom. The zero-order chi connectivity index (χ0) is 13.1. The topological polar surface area (TPSA) is 68.8 Å². The summed E-state index contributed by atoms with van der Waals surface area (Å²) in [6.07, 6.45) is 2.60. The smallest absolute Gasteiger partial charge is 0.0846 e. The lowest BCUT2D eigenvalue weighted by molar-refractivity contribution is 0.543. The summed E-state index contributed by atoms with van der Waals surface area (Å²) in [5.41, 5.74) is 6.06. The first-order valence-corrected chi connectivity index (χ1v) is 6.47. The number of nitrogens with two attached hydrogens (primary N) is 1. The van der Waals surface area contributed by atoms with Crippen LogP contribution in [0.4, 0.5) is 0 Å². The number of hydrogen-bond donors (Lipinski definition) is 2. The number of rotatable bonds is 4. The average molecular weight is 310 g/mol. The van der Waals surface area contributed by atoms with E-state index < -0.39 is 0 Å². The molecular formula is C12H16BrN5. The molecule has 18 heavy (non-hydrogen) atoms. The minimum absolute atomic E-state index is 0.0102. The standard InChI is InChI=1S/C12H16BrN5/c1-8-4-3-5-10(12(8)13)11(15-14)6-9-7-18(2)17-16-9/h3-5,7,11,15H,6,14H2,1-2H3. The van der Waals surface area contributed by atoms with Gasteiger partial charge in [-0.3, -0.25) is 16.0 Å². The molecule has 5 nitrogen and oxygen atoms in total. The zero-order valence-corrected chi connectivity index (χ0v) is 12.0. The van der Waals surface area contributed by atoms with Crippen molar-refractivity contribution in [2.45, 2.75) is 19.4 Å². The molecule has 3 N–H and O–H groups in total. The highest BCUT2D eigenvalue weighted by atomic mass is 79.9. The molecule has 1 aromatic carbocycles. The van der Waals surface area contributed by atoms with Gasteiger partial charge in [0.15, 0.2) is 0 Å². The third-order valence-electron chi connectivity index (χ3n) is 2.86. The van der Waals surface area contributed by atoms with Crippen LogP contribution < -0.4 is 11.3 Å². The van der Waals surface area contributed by atoms with Gasteiger partial charge in [0.25, 0.3) is 0 Å². The van der Waals surface area contributed by atoms with Gasteiger partial charge in [-0.25, -0.2) is 0 Å². The average Bonchev–Trinajstić information content (AvgIpc) is 2.76. The molecule has 0 aliphatic carbocycles. The first-order valence-electron chi connectivity index (χ1n) is 5.68. The summed E-state index contributed by atoms with van der Waals surface area (Å²) < 4.78 is 2.77. The number of aryl methyl sites for hydroxylation is 2. The molecule has 0 aliphatic rings. The third-order valence-corrected chi connectivity index (χ3v) is 3.94. The summed E-state index contributed by atoms with van der Waals surface area (Å²) in [4.78, 5) is 0. The number of aromatic nitrogens is 3. The van der Waals surface area contributed by atoms with E-state index in [0.29, 0.717) is 6.42 Å². The molecule has 0 saturated heterocycles.